The Labute approximate surface area is 95.9 Å². The van der Waals surface area contributed by atoms with Crippen LogP contribution in [0.2, 0.25) is 0 Å². The number of nitrogens with zero attached hydrogens (tertiary/aromatic N) is 1. The fraction of sp³-hybridized carbons (Fsp3) is 0.308. The molecule has 0 bridgehead atoms. The highest BCUT2D eigenvalue weighted by Gasteiger charge is 2.21. The van der Waals surface area contributed by atoms with Crippen LogP contribution in [0.15, 0.2) is 41.5 Å². The van der Waals surface area contributed by atoms with Gasteiger partial charge in [-0.25, -0.2) is 4.39 Å². The van der Waals surface area contributed by atoms with E-state index in [0.29, 0.717) is 5.56 Å². The standard InChI is InChI=1S/C13H17FN2/c1-13(2,14)11-7-4-5-8-12(11)16-10-6-9-15-3/h4-10,16H,1-3H3/b10-6-,15-9?. The summed E-state index contributed by atoms with van der Waals surface area (Å²) in [7, 11) is 1.70. The minimum absolute atomic E-state index is 0.646. The number of aliphatic imine (C=N–C) groups is 1. The van der Waals surface area contributed by atoms with Gasteiger partial charge in [-0.05, 0) is 26.0 Å². The van der Waals surface area contributed by atoms with Gasteiger partial charge in [0.05, 0.1) is 0 Å². The minimum Gasteiger partial charge on any atom is -0.361 e. The zero-order valence-electron chi connectivity index (χ0n) is 9.87. The Hall–Kier alpha value is -1.64. The van der Waals surface area contributed by atoms with Crippen LogP contribution in [0.3, 0.4) is 0 Å². The maximum absolute atomic E-state index is 13.9. The second kappa shape index (κ2) is 5.45. The minimum atomic E-state index is -1.35. The highest BCUT2D eigenvalue weighted by atomic mass is 19.1. The van der Waals surface area contributed by atoms with E-state index in [-0.39, 0.29) is 0 Å². The largest absolute Gasteiger partial charge is 0.361 e. The van der Waals surface area contributed by atoms with Gasteiger partial charge in [-0.2, -0.15) is 0 Å². The first-order valence-corrected chi connectivity index (χ1v) is 5.18. The van der Waals surface area contributed by atoms with Crippen molar-refractivity contribution in [3.63, 3.8) is 0 Å². The third-order valence-electron chi connectivity index (χ3n) is 2.14. The molecule has 1 N–H and O–H groups in total. The lowest BCUT2D eigenvalue weighted by Gasteiger charge is -2.18. The zero-order valence-corrected chi connectivity index (χ0v) is 9.87. The van der Waals surface area contributed by atoms with E-state index in [1.807, 2.05) is 18.2 Å². The molecule has 0 heterocycles. The van der Waals surface area contributed by atoms with Crippen molar-refractivity contribution in [2.45, 2.75) is 19.5 Å². The van der Waals surface area contributed by atoms with Gasteiger partial charge in [0, 0.05) is 30.7 Å². The summed E-state index contributed by atoms with van der Waals surface area (Å²) in [6.45, 7) is 3.09. The van der Waals surface area contributed by atoms with Crippen LogP contribution >= 0.6 is 0 Å². The third kappa shape index (κ3) is 3.50. The smallest absolute Gasteiger partial charge is 0.132 e. The van der Waals surface area contributed by atoms with E-state index in [4.69, 9.17) is 0 Å². The molecule has 0 atom stereocenters. The number of hydrogen-bond donors (Lipinski definition) is 1. The lowest BCUT2D eigenvalue weighted by atomic mass is 9.98. The Morgan fingerprint density at radius 1 is 1.31 bits per heavy atom. The Morgan fingerprint density at radius 2 is 2.00 bits per heavy atom. The van der Waals surface area contributed by atoms with Gasteiger partial charge < -0.3 is 5.32 Å². The molecule has 0 amide bonds. The van der Waals surface area contributed by atoms with Crippen LogP contribution in [0, 0.1) is 0 Å². The molecule has 16 heavy (non-hydrogen) atoms. The molecule has 0 unspecified atom stereocenters. The number of para-hydroxylation sites is 1. The average Bonchev–Trinajstić information content (AvgIpc) is 2.24. The van der Waals surface area contributed by atoms with Gasteiger partial charge in [0.25, 0.3) is 0 Å². The van der Waals surface area contributed by atoms with Crippen molar-refractivity contribution in [1.29, 1.82) is 0 Å². The first-order valence-electron chi connectivity index (χ1n) is 5.18. The summed E-state index contributed by atoms with van der Waals surface area (Å²) in [4.78, 5) is 3.81. The molecule has 1 aromatic rings. The van der Waals surface area contributed by atoms with Gasteiger partial charge >= 0.3 is 0 Å². The number of halogens is 1. The predicted molar refractivity (Wildman–Crippen MR) is 67.8 cm³/mol. The van der Waals surface area contributed by atoms with Crippen LogP contribution in [0.1, 0.15) is 19.4 Å². The van der Waals surface area contributed by atoms with Crippen LogP contribution < -0.4 is 5.32 Å². The SMILES string of the molecule is CN=C/C=C\Nc1ccccc1C(C)(C)F. The van der Waals surface area contributed by atoms with Crippen molar-refractivity contribution in [3.05, 3.63) is 42.1 Å². The normalized spacial score (nSPS) is 12.5. The maximum atomic E-state index is 13.9. The molecule has 0 aliphatic rings. The van der Waals surface area contributed by atoms with Crippen molar-refractivity contribution in [3.8, 4) is 0 Å². The first-order chi connectivity index (χ1) is 7.55. The summed E-state index contributed by atoms with van der Waals surface area (Å²) >= 11 is 0. The fourth-order valence-electron chi connectivity index (χ4n) is 1.39. The Bertz CT molecular complexity index is 389. The van der Waals surface area contributed by atoms with E-state index in [2.05, 4.69) is 10.3 Å². The van der Waals surface area contributed by atoms with Gasteiger partial charge in [0.2, 0.25) is 0 Å². The topological polar surface area (TPSA) is 24.4 Å². The number of anilines is 1. The van der Waals surface area contributed by atoms with Crippen LogP contribution in [0.5, 0.6) is 0 Å². The number of nitrogens with one attached hydrogen (secondary N) is 1. The van der Waals surface area contributed by atoms with E-state index < -0.39 is 5.67 Å². The van der Waals surface area contributed by atoms with Crippen molar-refractivity contribution in [2.24, 2.45) is 4.99 Å². The van der Waals surface area contributed by atoms with Crippen molar-refractivity contribution in [1.82, 2.24) is 0 Å². The Morgan fingerprint density at radius 3 is 2.62 bits per heavy atom. The van der Waals surface area contributed by atoms with Gasteiger partial charge in [-0.1, -0.05) is 18.2 Å². The number of benzene rings is 1. The van der Waals surface area contributed by atoms with Gasteiger partial charge in [-0.15, -0.1) is 0 Å². The summed E-state index contributed by atoms with van der Waals surface area (Å²) in [5, 5.41) is 3.04. The van der Waals surface area contributed by atoms with E-state index in [1.54, 1.807) is 45.5 Å². The van der Waals surface area contributed by atoms with Gasteiger partial charge in [-0.3, -0.25) is 4.99 Å². The quantitative estimate of drug-likeness (QED) is 0.771. The summed E-state index contributed by atoms with van der Waals surface area (Å²) < 4.78 is 13.9. The molecule has 1 aromatic carbocycles. The van der Waals surface area contributed by atoms with Gasteiger partial charge in [0.15, 0.2) is 0 Å². The maximum Gasteiger partial charge on any atom is 0.132 e. The molecule has 0 aliphatic carbocycles. The zero-order chi connectivity index (χ0) is 12.0. The van der Waals surface area contributed by atoms with Crippen molar-refractivity contribution >= 4 is 11.9 Å². The van der Waals surface area contributed by atoms with Crippen molar-refractivity contribution in [2.75, 3.05) is 12.4 Å². The van der Waals surface area contributed by atoms with Crippen molar-refractivity contribution < 1.29 is 4.39 Å². The van der Waals surface area contributed by atoms with E-state index >= 15 is 0 Å². The molecular weight excluding hydrogens is 203 g/mol. The summed E-state index contributed by atoms with van der Waals surface area (Å²) in [5.74, 6) is 0. The number of allylic oxidation sites excluding steroid dienone is 1. The Kier molecular flexibility index (Phi) is 4.23. The molecule has 2 nitrogen and oxygen atoms in total. The molecule has 0 radical (unpaired) electrons. The molecule has 0 aromatic heterocycles. The van der Waals surface area contributed by atoms with Crippen LogP contribution in [-0.2, 0) is 5.67 Å². The molecule has 0 saturated carbocycles. The average molecular weight is 220 g/mol. The number of alkyl halides is 1. The highest BCUT2D eigenvalue weighted by molar-refractivity contribution is 5.71. The third-order valence-corrected chi connectivity index (χ3v) is 2.14. The second-order valence-corrected chi connectivity index (χ2v) is 3.93. The molecular formula is C13H17FN2. The highest BCUT2D eigenvalue weighted by Crippen LogP contribution is 2.30. The Balaban J connectivity index is 2.88. The molecule has 86 valence electrons. The van der Waals surface area contributed by atoms with Gasteiger partial charge in [0.1, 0.15) is 5.67 Å². The van der Waals surface area contributed by atoms with E-state index in [9.17, 15) is 4.39 Å². The monoisotopic (exact) mass is 220 g/mol. The van der Waals surface area contributed by atoms with E-state index in [0.717, 1.165) is 5.69 Å². The molecule has 3 heteroatoms. The van der Waals surface area contributed by atoms with Crippen LogP contribution in [0.4, 0.5) is 10.1 Å². The summed E-state index contributed by atoms with van der Waals surface area (Å²) in [6, 6.07) is 7.34. The molecule has 0 fully saturated rings. The number of rotatable bonds is 4. The van der Waals surface area contributed by atoms with Crippen LogP contribution in [-0.4, -0.2) is 13.3 Å². The number of hydrogen-bond acceptors (Lipinski definition) is 2. The van der Waals surface area contributed by atoms with Crippen LogP contribution in [0.25, 0.3) is 0 Å². The lowest BCUT2D eigenvalue weighted by molar-refractivity contribution is 0.222. The van der Waals surface area contributed by atoms with E-state index in [1.165, 1.54) is 0 Å². The molecule has 0 aliphatic heterocycles. The summed E-state index contributed by atoms with van der Waals surface area (Å²) in [6.07, 6.45) is 5.16. The summed E-state index contributed by atoms with van der Waals surface area (Å²) in [5.41, 5.74) is 0.0693. The molecule has 1 rings (SSSR count). The first kappa shape index (κ1) is 12.4. The second-order valence-electron chi connectivity index (χ2n) is 3.93. The molecule has 0 spiro atoms. The predicted octanol–water partition coefficient (Wildman–Crippen LogP) is 3.52. The lowest BCUT2D eigenvalue weighted by Crippen LogP contribution is -2.11. The molecule has 0 saturated heterocycles. The fourth-order valence-corrected chi connectivity index (χ4v) is 1.39.